The van der Waals surface area contributed by atoms with Crippen LogP contribution in [-0.2, 0) is 4.79 Å². The maximum Gasteiger partial charge on any atom is 0.220 e. The molecule has 5 nitrogen and oxygen atoms in total. The van der Waals surface area contributed by atoms with Crippen molar-refractivity contribution in [2.24, 2.45) is 5.73 Å². The van der Waals surface area contributed by atoms with Gasteiger partial charge in [-0.05, 0) is 0 Å². The number of amides is 1. The molecule has 0 aromatic rings. The zero-order valence-electron chi connectivity index (χ0n) is 8.07. The van der Waals surface area contributed by atoms with Crippen LogP contribution >= 0.6 is 23.2 Å². The summed E-state index contributed by atoms with van der Waals surface area (Å²) in [6.45, 7) is 0. The standard InChI is InChI=1S/C4H8ClNO2.C4H6ClNO/c5-2-3(7)1-4(6)8;5-3-4(7)1-2-6/h3,7H,1-2H2,(H2,6,8);4,7H,1,3H2/t3-;4-/m11/s1. The van der Waals surface area contributed by atoms with E-state index in [0.717, 1.165) is 0 Å². The van der Waals surface area contributed by atoms with Crippen molar-refractivity contribution in [3.63, 3.8) is 0 Å². The zero-order chi connectivity index (χ0) is 12.3. The quantitative estimate of drug-likeness (QED) is 0.600. The Balaban J connectivity index is 0. The van der Waals surface area contributed by atoms with Gasteiger partial charge in [-0.2, -0.15) is 5.26 Å². The highest BCUT2D eigenvalue weighted by molar-refractivity contribution is 6.18. The Kier molecular flexibility index (Phi) is 13.0. The number of nitrogens with zero attached hydrogens (tertiary/aromatic N) is 1. The second kappa shape index (κ2) is 11.5. The van der Waals surface area contributed by atoms with E-state index in [1.807, 2.05) is 0 Å². The van der Waals surface area contributed by atoms with Gasteiger partial charge in [0.1, 0.15) is 0 Å². The molecule has 0 aliphatic heterocycles. The highest BCUT2D eigenvalue weighted by atomic mass is 35.5. The highest BCUT2D eigenvalue weighted by Crippen LogP contribution is 1.91. The van der Waals surface area contributed by atoms with Gasteiger partial charge in [0.2, 0.25) is 5.91 Å². The van der Waals surface area contributed by atoms with Gasteiger partial charge in [-0.3, -0.25) is 4.79 Å². The number of nitriles is 1. The molecule has 4 N–H and O–H groups in total. The number of carbonyl (C=O) groups is 1. The monoisotopic (exact) mass is 256 g/mol. The summed E-state index contributed by atoms with van der Waals surface area (Å²) in [5.74, 6) is -0.325. The van der Waals surface area contributed by atoms with Gasteiger partial charge >= 0.3 is 0 Å². The fraction of sp³-hybridized carbons (Fsp3) is 0.750. The van der Waals surface area contributed by atoms with Gasteiger partial charge in [0, 0.05) is 11.8 Å². The molecule has 0 aromatic heterocycles. The van der Waals surface area contributed by atoms with E-state index >= 15 is 0 Å². The van der Waals surface area contributed by atoms with Crippen LogP contribution in [0, 0.1) is 11.3 Å². The Morgan fingerprint density at radius 1 is 1.33 bits per heavy atom. The Labute approximate surface area is 98.4 Å². The lowest BCUT2D eigenvalue weighted by Gasteiger charge is -1.99. The number of aliphatic hydroxyl groups is 2. The maximum absolute atomic E-state index is 9.97. The van der Waals surface area contributed by atoms with Gasteiger partial charge in [-0.15, -0.1) is 23.2 Å². The van der Waals surface area contributed by atoms with Crippen molar-refractivity contribution < 1.29 is 15.0 Å². The summed E-state index contributed by atoms with van der Waals surface area (Å²) >= 11 is 10.3. The second-order valence-corrected chi connectivity index (χ2v) is 3.27. The van der Waals surface area contributed by atoms with E-state index in [1.54, 1.807) is 6.07 Å². The summed E-state index contributed by atoms with van der Waals surface area (Å²) in [7, 11) is 0. The molecule has 88 valence electrons. The molecule has 0 saturated carbocycles. The SMILES string of the molecule is N#CC[C@@H](O)CCl.NC(=O)C[C@@H](O)CCl. The van der Waals surface area contributed by atoms with Crippen LogP contribution < -0.4 is 5.73 Å². The number of hydrogen-bond acceptors (Lipinski definition) is 4. The number of carbonyl (C=O) groups excluding carboxylic acids is 1. The number of rotatable bonds is 5. The predicted octanol–water partition coefficient (Wildman–Crippen LogP) is -0.0387. The number of alkyl halides is 2. The van der Waals surface area contributed by atoms with Crippen LogP contribution in [0.25, 0.3) is 0 Å². The fourth-order valence-electron chi connectivity index (χ4n) is 0.447. The van der Waals surface area contributed by atoms with Crippen LogP contribution in [-0.4, -0.2) is 40.1 Å². The predicted molar refractivity (Wildman–Crippen MR) is 57.5 cm³/mol. The molecule has 0 unspecified atom stereocenters. The molecule has 0 aromatic carbocycles. The summed E-state index contributed by atoms with van der Waals surface area (Å²) in [6.07, 6.45) is -1.35. The second-order valence-electron chi connectivity index (χ2n) is 2.65. The zero-order valence-corrected chi connectivity index (χ0v) is 9.58. The number of halogens is 2. The summed E-state index contributed by atoms with van der Waals surface area (Å²) < 4.78 is 0. The molecule has 0 saturated heterocycles. The van der Waals surface area contributed by atoms with Crippen molar-refractivity contribution >= 4 is 29.1 Å². The van der Waals surface area contributed by atoms with Crippen molar-refractivity contribution in [2.75, 3.05) is 11.8 Å². The van der Waals surface area contributed by atoms with Gasteiger partial charge in [0.05, 0.1) is 31.1 Å². The molecule has 0 fully saturated rings. The van der Waals surface area contributed by atoms with Crippen molar-refractivity contribution in [3.05, 3.63) is 0 Å². The third kappa shape index (κ3) is 16.2. The smallest absolute Gasteiger partial charge is 0.220 e. The number of aliphatic hydroxyl groups excluding tert-OH is 2. The molecule has 15 heavy (non-hydrogen) atoms. The largest absolute Gasteiger partial charge is 0.391 e. The number of primary amides is 1. The Morgan fingerprint density at radius 2 is 1.80 bits per heavy atom. The van der Waals surface area contributed by atoms with E-state index in [2.05, 4.69) is 0 Å². The molecule has 1 amide bonds. The number of nitrogens with two attached hydrogens (primary N) is 1. The van der Waals surface area contributed by atoms with E-state index in [-0.39, 0.29) is 24.6 Å². The van der Waals surface area contributed by atoms with E-state index in [4.69, 9.17) is 44.4 Å². The van der Waals surface area contributed by atoms with Gasteiger partial charge in [-0.25, -0.2) is 0 Å². The normalized spacial score (nSPS) is 13.0. The van der Waals surface area contributed by atoms with Crippen LogP contribution in [0.3, 0.4) is 0 Å². The molecule has 0 rings (SSSR count). The summed E-state index contributed by atoms with van der Waals surface area (Å²) in [4.78, 5) is 9.97. The summed E-state index contributed by atoms with van der Waals surface area (Å²) in [6, 6.07) is 1.78. The van der Waals surface area contributed by atoms with Gasteiger partial charge in [0.25, 0.3) is 0 Å². The van der Waals surface area contributed by atoms with Gasteiger partial charge in [0.15, 0.2) is 0 Å². The third-order valence-corrected chi connectivity index (χ3v) is 1.83. The molecule has 2 atom stereocenters. The average Bonchev–Trinajstić information content (AvgIpc) is 2.18. The molecule has 0 aliphatic rings. The molecular weight excluding hydrogens is 243 g/mol. The first-order chi connectivity index (χ1) is 6.97. The highest BCUT2D eigenvalue weighted by Gasteiger charge is 2.04. The maximum atomic E-state index is 9.97. The van der Waals surface area contributed by atoms with Gasteiger partial charge < -0.3 is 15.9 Å². The Hall–Kier alpha value is -0.540. The Bertz CT molecular complexity index is 209. The van der Waals surface area contributed by atoms with Gasteiger partial charge in [-0.1, -0.05) is 0 Å². The first-order valence-corrected chi connectivity index (χ1v) is 5.18. The third-order valence-electron chi connectivity index (χ3n) is 1.12. The van der Waals surface area contributed by atoms with Crippen LogP contribution in [0.1, 0.15) is 12.8 Å². The first kappa shape index (κ1) is 16.9. The van der Waals surface area contributed by atoms with Crippen LogP contribution in [0.4, 0.5) is 0 Å². The number of hydrogen-bond donors (Lipinski definition) is 3. The minimum atomic E-state index is -0.783. The lowest BCUT2D eigenvalue weighted by Crippen LogP contribution is -2.20. The van der Waals surface area contributed by atoms with Crippen LogP contribution in [0.2, 0.25) is 0 Å². The Morgan fingerprint density at radius 3 is 1.93 bits per heavy atom. The van der Waals surface area contributed by atoms with Crippen LogP contribution in [0.5, 0.6) is 0 Å². The van der Waals surface area contributed by atoms with E-state index in [0.29, 0.717) is 0 Å². The average molecular weight is 257 g/mol. The minimum absolute atomic E-state index is 0.0521. The topological polar surface area (TPSA) is 107 Å². The van der Waals surface area contributed by atoms with Crippen molar-refractivity contribution in [1.82, 2.24) is 0 Å². The lowest BCUT2D eigenvalue weighted by molar-refractivity contribution is -0.119. The summed E-state index contributed by atoms with van der Waals surface area (Å²) in [5, 5.41) is 25.0. The van der Waals surface area contributed by atoms with E-state index in [9.17, 15) is 4.79 Å². The first-order valence-electron chi connectivity index (χ1n) is 4.11. The molecule has 0 radical (unpaired) electrons. The van der Waals surface area contributed by atoms with E-state index < -0.39 is 18.1 Å². The molecule has 0 spiro atoms. The van der Waals surface area contributed by atoms with Crippen molar-refractivity contribution in [3.8, 4) is 6.07 Å². The van der Waals surface area contributed by atoms with Crippen molar-refractivity contribution in [2.45, 2.75) is 25.0 Å². The van der Waals surface area contributed by atoms with Crippen molar-refractivity contribution in [1.29, 1.82) is 5.26 Å². The minimum Gasteiger partial charge on any atom is -0.391 e. The van der Waals surface area contributed by atoms with E-state index in [1.165, 1.54) is 0 Å². The molecule has 0 heterocycles. The molecule has 7 heteroatoms. The summed E-state index contributed by atoms with van der Waals surface area (Å²) in [5.41, 5.74) is 4.71. The molecular formula is C8H14Cl2N2O3. The fourth-order valence-corrected chi connectivity index (χ4v) is 0.665. The molecule has 0 bridgehead atoms. The van der Waals surface area contributed by atoms with Crippen LogP contribution in [0.15, 0.2) is 0 Å². The lowest BCUT2D eigenvalue weighted by atomic mass is 10.3. The molecule has 0 aliphatic carbocycles.